The van der Waals surface area contributed by atoms with Gasteiger partial charge in [0.2, 0.25) is 0 Å². The van der Waals surface area contributed by atoms with E-state index in [0.717, 1.165) is 30.5 Å². The number of aromatic nitrogens is 2. The Labute approximate surface area is 109 Å². The van der Waals surface area contributed by atoms with E-state index >= 15 is 0 Å². The third kappa shape index (κ3) is 3.40. The van der Waals surface area contributed by atoms with Crippen LogP contribution in [0, 0.1) is 5.92 Å². The maximum Gasteiger partial charge on any atom is 0.147 e. The molecular formula is C13H23N5. The molecule has 2 rings (SSSR count). The zero-order valence-corrected chi connectivity index (χ0v) is 11.3. The molecule has 5 heteroatoms. The van der Waals surface area contributed by atoms with Gasteiger partial charge in [-0.2, -0.15) is 0 Å². The number of piperidine rings is 1. The molecule has 0 spiro atoms. The average molecular weight is 249 g/mol. The molecule has 1 aliphatic heterocycles. The van der Waals surface area contributed by atoms with Crippen LogP contribution in [0.15, 0.2) is 12.4 Å². The molecule has 1 aromatic heterocycles. The Morgan fingerprint density at radius 1 is 1.28 bits per heavy atom. The quantitative estimate of drug-likeness (QED) is 0.852. The lowest BCUT2D eigenvalue weighted by Crippen LogP contribution is -2.37. The third-order valence-electron chi connectivity index (χ3n) is 3.46. The molecule has 0 bridgehead atoms. The van der Waals surface area contributed by atoms with Gasteiger partial charge in [0.05, 0.1) is 18.1 Å². The highest BCUT2D eigenvalue weighted by molar-refractivity contribution is 5.36. The molecule has 1 fully saturated rings. The number of rotatable bonds is 4. The first-order valence-corrected chi connectivity index (χ1v) is 6.59. The summed E-state index contributed by atoms with van der Waals surface area (Å²) in [6.45, 7) is 3.80. The largest absolute Gasteiger partial charge is 0.355 e. The number of anilines is 1. The second-order valence-corrected chi connectivity index (χ2v) is 5.26. The number of hydrogen-bond donors (Lipinski definition) is 1. The molecular weight excluding hydrogens is 226 g/mol. The van der Waals surface area contributed by atoms with E-state index in [1.54, 1.807) is 6.20 Å². The highest BCUT2D eigenvalue weighted by Gasteiger charge is 2.20. The molecule has 0 radical (unpaired) electrons. The molecule has 0 amide bonds. The van der Waals surface area contributed by atoms with Crippen molar-refractivity contribution < 1.29 is 0 Å². The molecule has 0 saturated carbocycles. The first kappa shape index (κ1) is 13.2. The molecule has 1 aromatic rings. The fourth-order valence-corrected chi connectivity index (χ4v) is 2.48. The summed E-state index contributed by atoms with van der Waals surface area (Å²) in [7, 11) is 4.28. The summed E-state index contributed by atoms with van der Waals surface area (Å²) in [5.41, 5.74) is 6.37. The van der Waals surface area contributed by atoms with Crippen LogP contribution in [0.4, 0.5) is 5.82 Å². The first-order valence-electron chi connectivity index (χ1n) is 6.59. The maximum absolute atomic E-state index is 5.52. The van der Waals surface area contributed by atoms with E-state index in [1.807, 2.05) is 6.20 Å². The zero-order valence-electron chi connectivity index (χ0n) is 11.3. The fourth-order valence-electron chi connectivity index (χ4n) is 2.48. The summed E-state index contributed by atoms with van der Waals surface area (Å²) in [5, 5.41) is 0. The van der Waals surface area contributed by atoms with E-state index in [9.17, 15) is 0 Å². The summed E-state index contributed by atoms with van der Waals surface area (Å²) in [6, 6.07) is 0. The Morgan fingerprint density at radius 3 is 2.50 bits per heavy atom. The maximum atomic E-state index is 5.52. The van der Waals surface area contributed by atoms with Gasteiger partial charge in [-0.05, 0) is 32.9 Å². The van der Waals surface area contributed by atoms with Gasteiger partial charge in [0.1, 0.15) is 5.82 Å². The van der Waals surface area contributed by atoms with Crippen LogP contribution in [0.2, 0.25) is 0 Å². The lowest BCUT2D eigenvalue weighted by atomic mass is 9.96. The van der Waals surface area contributed by atoms with Crippen molar-refractivity contribution in [1.82, 2.24) is 14.9 Å². The fraction of sp³-hybridized carbons (Fsp3) is 0.692. The van der Waals surface area contributed by atoms with E-state index < -0.39 is 0 Å². The molecule has 0 aromatic carbocycles. The van der Waals surface area contributed by atoms with Crippen LogP contribution in [0.5, 0.6) is 0 Å². The van der Waals surface area contributed by atoms with Crippen LogP contribution in [0.1, 0.15) is 18.5 Å². The highest BCUT2D eigenvalue weighted by Crippen LogP contribution is 2.21. The molecule has 1 saturated heterocycles. The van der Waals surface area contributed by atoms with Gasteiger partial charge in [0, 0.05) is 26.2 Å². The Balaban J connectivity index is 1.88. The first-order chi connectivity index (χ1) is 8.69. The van der Waals surface area contributed by atoms with Crippen molar-refractivity contribution in [3.63, 3.8) is 0 Å². The molecule has 0 unspecified atom stereocenters. The summed E-state index contributed by atoms with van der Waals surface area (Å²) in [6.07, 6.45) is 6.09. The molecule has 0 atom stereocenters. The third-order valence-corrected chi connectivity index (χ3v) is 3.46. The summed E-state index contributed by atoms with van der Waals surface area (Å²) in [5.74, 6) is 1.79. The van der Waals surface area contributed by atoms with Crippen molar-refractivity contribution in [2.24, 2.45) is 11.7 Å². The van der Waals surface area contributed by atoms with Crippen molar-refractivity contribution in [1.29, 1.82) is 0 Å². The van der Waals surface area contributed by atoms with Crippen molar-refractivity contribution >= 4 is 5.82 Å². The van der Waals surface area contributed by atoms with Crippen LogP contribution in [0.3, 0.4) is 0 Å². The van der Waals surface area contributed by atoms with Crippen LogP contribution >= 0.6 is 0 Å². The molecule has 18 heavy (non-hydrogen) atoms. The molecule has 5 nitrogen and oxygen atoms in total. The summed E-state index contributed by atoms with van der Waals surface area (Å²) < 4.78 is 0. The minimum Gasteiger partial charge on any atom is -0.355 e. The Hall–Kier alpha value is -1.20. The summed E-state index contributed by atoms with van der Waals surface area (Å²) in [4.78, 5) is 13.3. The van der Waals surface area contributed by atoms with E-state index in [0.29, 0.717) is 6.54 Å². The summed E-state index contributed by atoms with van der Waals surface area (Å²) >= 11 is 0. The molecule has 2 heterocycles. The van der Waals surface area contributed by atoms with E-state index in [-0.39, 0.29) is 0 Å². The SMILES string of the molecule is CN(C)CC1CCN(c2cnc(CN)cn2)CC1. The lowest BCUT2D eigenvalue weighted by molar-refractivity contribution is 0.284. The Bertz CT molecular complexity index is 354. The van der Waals surface area contributed by atoms with Crippen LogP contribution in [-0.4, -0.2) is 48.6 Å². The van der Waals surface area contributed by atoms with Gasteiger partial charge in [0.25, 0.3) is 0 Å². The average Bonchev–Trinajstić information content (AvgIpc) is 2.39. The van der Waals surface area contributed by atoms with Crippen molar-refractivity contribution in [2.45, 2.75) is 19.4 Å². The van der Waals surface area contributed by atoms with Gasteiger partial charge in [0.15, 0.2) is 0 Å². The van der Waals surface area contributed by atoms with Gasteiger partial charge in [-0.15, -0.1) is 0 Å². The Morgan fingerprint density at radius 2 is 2.00 bits per heavy atom. The highest BCUT2D eigenvalue weighted by atomic mass is 15.2. The van der Waals surface area contributed by atoms with Crippen molar-refractivity contribution in [2.75, 3.05) is 38.6 Å². The minimum absolute atomic E-state index is 0.457. The van der Waals surface area contributed by atoms with Crippen molar-refractivity contribution in [3.05, 3.63) is 18.1 Å². The Kier molecular flexibility index (Phi) is 4.49. The smallest absolute Gasteiger partial charge is 0.147 e. The molecule has 2 N–H and O–H groups in total. The second kappa shape index (κ2) is 6.11. The number of nitrogens with two attached hydrogens (primary N) is 1. The predicted molar refractivity (Wildman–Crippen MR) is 73.4 cm³/mol. The predicted octanol–water partition coefficient (Wildman–Crippen LogP) is 0.713. The second-order valence-electron chi connectivity index (χ2n) is 5.26. The molecule has 100 valence electrons. The van der Waals surface area contributed by atoms with Crippen LogP contribution < -0.4 is 10.6 Å². The van der Waals surface area contributed by atoms with E-state index in [4.69, 9.17) is 5.73 Å². The normalized spacial score (nSPS) is 17.4. The monoisotopic (exact) mass is 249 g/mol. The van der Waals surface area contributed by atoms with Gasteiger partial charge in [-0.1, -0.05) is 0 Å². The zero-order chi connectivity index (χ0) is 13.0. The molecule has 0 aliphatic carbocycles. The van der Waals surface area contributed by atoms with Crippen molar-refractivity contribution in [3.8, 4) is 0 Å². The van der Waals surface area contributed by atoms with Gasteiger partial charge >= 0.3 is 0 Å². The van der Waals surface area contributed by atoms with Crippen LogP contribution in [-0.2, 0) is 6.54 Å². The van der Waals surface area contributed by atoms with Gasteiger partial charge in [-0.3, -0.25) is 4.98 Å². The lowest BCUT2D eigenvalue weighted by Gasteiger charge is -2.33. The molecule has 1 aliphatic rings. The number of nitrogens with zero attached hydrogens (tertiary/aromatic N) is 4. The topological polar surface area (TPSA) is 58.3 Å². The van der Waals surface area contributed by atoms with E-state index in [1.165, 1.54) is 19.4 Å². The minimum atomic E-state index is 0.457. The van der Waals surface area contributed by atoms with Crippen LogP contribution in [0.25, 0.3) is 0 Å². The standard InChI is InChI=1S/C13H23N5/c1-17(2)10-11-3-5-18(6-4-11)13-9-15-12(7-14)8-16-13/h8-9,11H,3-7,10,14H2,1-2H3. The van der Waals surface area contributed by atoms with Gasteiger partial charge < -0.3 is 15.5 Å². The van der Waals surface area contributed by atoms with E-state index in [2.05, 4.69) is 33.9 Å². The number of hydrogen-bond acceptors (Lipinski definition) is 5. The van der Waals surface area contributed by atoms with Gasteiger partial charge in [-0.25, -0.2) is 4.98 Å².